The van der Waals surface area contributed by atoms with Crippen LogP contribution in [-0.2, 0) is 9.59 Å². The number of nitrogens with one attached hydrogen (secondary N) is 2. The molecule has 2 amide bonds. The summed E-state index contributed by atoms with van der Waals surface area (Å²) in [6.07, 6.45) is 1.62. The van der Waals surface area contributed by atoms with Crippen LogP contribution >= 0.6 is 0 Å². The van der Waals surface area contributed by atoms with Crippen LogP contribution in [0.25, 0.3) is 0 Å². The van der Waals surface area contributed by atoms with E-state index in [4.69, 9.17) is 15.9 Å². The molecule has 1 aliphatic rings. The number of carbonyl (C=O) groups is 2. The predicted molar refractivity (Wildman–Crippen MR) is 129 cm³/mol. The maximum Gasteiger partial charge on any atom is 0.270 e. The van der Waals surface area contributed by atoms with E-state index in [1.807, 2.05) is 42.5 Å². The first-order valence-electron chi connectivity index (χ1n) is 10.9. The van der Waals surface area contributed by atoms with E-state index in [0.29, 0.717) is 29.0 Å². The van der Waals surface area contributed by atoms with Gasteiger partial charge >= 0.3 is 0 Å². The van der Waals surface area contributed by atoms with Gasteiger partial charge in [0.15, 0.2) is 0 Å². The molecule has 1 unspecified atom stereocenters. The predicted octanol–water partition coefficient (Wildman–Crippen LogP) is 4.25. The maximum atomic E-state index is 13.2. The highest BCUT2D eigenvalue weighted by Gasteiger charge is 2.24. The van der Waals surface area contributed by atoms with E-state index in [0.717, 1.165) is 25.1 Å². The summed E-state index contributed by atoms with van der Waals surface area (Å²) < 4.78 is 6.03. The molecular formula is C26H26N4O3. The number of hydrogen-bond donors (Lipinski definition) is 3. The van der Waals surface area contributed by atoms with Gasteiger partial charge < -0.3 is 20.7 Å². The Balaban J connectivity index is 1.50. The highest BCUT2D eigenvalue weighted by Crippen LogP contribution is 2.26. The summed E-state index contributed by atoms with van der Waals surface area (Å²) >= 11 is 0. The molecule has 0 aliphatic carbocycles. The maximum absolute atomic E-state index is 13.2. The molecule has 168 valence electrons. The third kappa shape index (κ3) is 5.38. The first-order valence-corrected chi connectivity index (χ1v) is 10.9. The molecule has 7 nitrogen and oxygen atoms in total. The average molecular weight is 443 g/mol. The Hall–Kier alpha value is -4.13. The summed E-state index contributed by atoms with van der Waals surface area (Å²) in [5.74, 6) is 0.265. The lowest BCUT2D eigenvalue weighted by molar-refractivity contribution is -0.123. The van der Waals surface area contributed by atoms with Crippen LogP contribution in [0.1, 0.15) is 36.5 Å². The molecule has 1 fully saturated rings. The summed E-state index contributed by atoms with van der Waals surface area (Å²) in [5.41, 5.74) is 8.25. The van der Waals surface area contributed by atoms with Crippen LogP contribution in [0.5, 0.6) is 5.75 Å². The fourth-order valence-electron chi connectivity index (χ4n) is 3.76. The summed E-state index contributed by atoms with van der Waals surface area (Å²) in [6.45, 7) is 0.719. The topological polar surface area (TPSA) is 109 Å². The lowest BCUT2D eigenvalue weighted by atomic mass is 10.1. The van der Waals surface area contributed by atoms with Gasteiger partial charge in [-0.2, -0.15) is 0 Å². The molecule has 33 heavy (non-hydrogen) atoms. The van der Waals surface area contributed by atoms with E-state index in [2.05, 4.69) is 5.32 Å². The standard InChI is InChI=1S/C26H26N4O3/c27-25(28)19-9-15-22(16-10-19)33-24(18-6-2-1-3-7-18)26(32)29-20-11-13-21(14-12-20)30-17-5-4-8-23(30)31/h1-3,6-7,9-16,24H,4-5,8,17H2,(H3,27,28)(H,29,32). The van der Waals surface area contributed by atoms with Gasteiger partial charge in [-0.1, -0.05) is 30.3 Å². The largest absolute Gasteiger partial charge is 0.476 e. The van der Waals surface area contributed by atoms with Crippen LogP contribution in [-0.4, -0.2) is 24.2 Å². The number of rotatable bonds is 7. The Kier molecular flexibility index (Phi) is 6.69. The van der Waals surface area contributed by atoms with Crippen molar-refractivity contribution in [1.82, 2.24) is 0 Å². The van der Waals surface area contributed by atoms with Crippen LogP contribution < -0.4 is 20.7 Å². The van der Waals surface area contributed by atoms with Crippen LogP contribution in [0.15, 0.2) is 78.9 Å². The number of carbonyl (C=O) groups excluding carboxylic acids is 2. The zero-order chi connectivity index (χ0) is 23.2. The van der Waals surface area contributed by atoms with E-state index < -0.39 is 6.10 Å². The van der Waals surface area contributed by atoms with E-state index in [1.54, 1.807) is 41.3 Å². The first-order chi connectivity index (χ1) is 16.0. The fraction of sp³-hybridized carbons (Fsp3) is 0.192. The number of amides is 2. The van der Waals surface area contributed by atoms with Gasteiger partial charge in [0.2, 0.25) is 12.0 Å². The Morgan fingerprint density at radius 1 is 0.970 bits per heavy atom. The van der Waals surface area contributed by atoms with Gasteiger partial charge in [-0.05, 0) is 61.4 Å². The zero-order valence-electron chi connectivity index (χ0n) is 18.2. The molecule has 3 aromatic carbocycles. The smallest absolute Gasteiger partial charge is 0.270 e. The Labute approximate surface area is 192 Å². The number of anilines is 2. The number of ether oxygens (including phenoxy) is 1. The Morgan fingerprint density at radius 2 is 1.67 bits per heavy atom. The van der Waals surface area contributed by atoms with Crippen molar-refractivity contribution in [3.8, 4) is 5.75 Å². The minimum atomic E-state index is -0.877. The molecule has 4 rings (SSSR count). The first kappa shape index (κ1) is 22.1. The zero-order valence-corrected chi connectivity index (χ0v) is 18.2. The van der Waals surface area contributed by atoms with Crippen LogP contribution in [0, 0.1) is 5.41 Å². The van der Waals surface area contributed by atoms with Gasteiger partial charge in [-0.15, -0.1) is 0 Å². The van der Waals surface area contributed by atoms with Crippen LogP contribution in [0.3, 0.4) is 0 Å². The van der Waals surface area contributed by atoms with Crippen molar-refractivity contribution in [2.24, 2.45) is 5.73 Å². The minimum Gasteiger partial charge on any atom is -0.476 e. The fourth-order valence-corrected chi connectivity index (χ4v) is 3.76. The van der Waals surface area contributed by atoms with E-state index in [-0.39, 0.29) is 17.6 Å². The van der Waals surface area contributed by atoms with E-state index in [9.17, 15) is 9.59 Å². The van der Waals surface area contributed by atoms with Crippen molar-refractivity contribution >= 4 is 29.0 Å². The number of nitrogens with two attached hydrogens (primary N) is 1. The van der Waals surface area contributed by atoms with Gasteiger partial charge in [0, 0.05) is 35.5 Å². The SMILES string of the molecule is N=C(N)c1ccc(OC(C(=O)Nc2ccc(N3CCCCC3=O)cc2)c2ccccc2)cc1. The van der Waals surface area contributed by atoms with Crippen molar-refractivity contribution in [3.05, 3.63) is 90.0 Å². The molecule has 0 aromatic heterocycles. The van der Waals surface area contributed by atoms with Crippen molar-refractivity contribution in [2.45, 2.75) is 25.4 Å². The molecule has 1 atom stereocenters. The molecule has 3 aromatic rings. The van der Waals surface area contributed by atoms with E-state index >= 15 is 0 Å². The van der Waals surface area contributed by atoms with E-state index in [1.165, 1.54) is 0 Å². The van der Waals surface area contributed by atoms with Gasteiger partial charge in [0.05, 0.1) is 0 Å². The third-order valence-corrected chi connectivity index (χ3v) is 5.53. The lowest BCUT2D eigenvalue weighted by Crippen LogP contribution is -2.35. The van der Waals surface area contributed by atoms with Crippen molar-refractivity contribution in [1.29, 1.82) is 5.41 Å². The average Bonchev–Trinajstić information content (AvgIpc) is 2.84. The Bertz CT molecular complexity index is 1130. The number of nitrogen functional groups attached to an aromatic ring is 1. The minimum absolute atomic E-state index is 0.0337. The molecule has 0 saturated carbocycles. The second-order valence-corrected chi connectivity index (χ2v) is 7.89. The van der Waals surface area contributed by atoms with Crippen LogP contribution in [0.4, 0.5) is 11.4 Å². The van der Waals surface area contributed by atoms with Crippen molar-refractivity contribution in [2.75, 3.05) is 16.8 Å². The number of nitrogens with zero attached hydrogens (tertiary/aromatic N) is 1. The number of amidine groups is 1. The number of hydrogen-bond acceptors (Lipinski definition) is 4. The molecule has 0 radical (unpaired) electrons. The second-order valence-electron chi connectivity index (χ2n) is 7.89. The molecule has 1 saturated heterocycles. The molecule has 0 spiro atoms. The quantitative estimate of drug-likeness (QED) is 0.375. The molecule has 0 bridgehead atoms. The summed E-state index contributed by atoms with van der Waals surface area (Å²) in [6, 6.07) is 23.2. The molecule has 7 heteroatoms. The van der Waals surface area contributed by atoms with Gasteiger partial charge in [-0.3, -0.25) is 15.0 Å². The van der Waals surface area contributed by atoms with Crippen molar-refractivity contribution in [3.63, 3.8) is 0 Å². The highest BCUT2D eigenvalue weighted by molar-refractivity contribution is 5.97. The summed E-state index contributed by atoms with van der Waals surface area (Å²) in [5, 5.41) is 10.4. The van der Waals surface area contributed by atoms with Crippen LogP contribution in [0.2, 0.25) is 0 Å². The van der Waals surface area contributed by atoms with Gasteiger partial charge in [0.1, 0.15) is 11.6 Å². The third-order valence-electron chi connectivity index (χ3n) is 5.53. The van der Waals surface area contributed by atoms with Gasteiger partial charge in [0.25, 0.3) is 5.91 Å². The van der Waals surface area contributed by atoms with Gasteiger partial charge in [-0.25, -0.2) is 0 Å². The monoisotopic (exact) mass is 442 g/mol. The molecule has 1 heterocycles. The summed E-state index contributed by atoms with van der Waals surface area (Å²) in [4.78, 5) is 27.1. The Morgan fingerprint density at radius 3 is 2.30 bits per heavy atom. The molecule has 1 aliphatic heterocycles. The lowest BCUT2D eigenvalue weighted by Gasteiger charge is -2.27. The molecular weight excluding hydrogens is 416 g/mol. The number of piperidine rings is 1. The van der Waals surface area contributed by atoms with Crippen molar-refractivity contribution < 1.29 is 14.3 Å². The highest BCUT2D eigenvalue weighted by atomic mass is 16.5. The number of benzene rings is 3. The molecule has 4 N–H and O–H groups in total. The normalized spacial score (nSPS) is 14.4. The summed E-state index contributed by atoms with van der Waals surface area (Å²) in [7, 11) is 0. The second kappa shape index (κ2) is 9.99.